The van der Waals surface area contributed by atoms with Gasteiger partial charge in [0.15, 0.2) is 4.90 Å². The van der Waals surface area contributed by atoms with Crippen molar-refractivity contribution >= 4 is 31.6 Å². The van der Waals surface area contributed by atoms with Gasteiger partial charge in [0.25, 0.3) is 5.69 Å². The first-order valence-corrected chi connectivity index (χ1v) is 7.45. The number of rotatable bonds is 5. The number of nitro groups is 1. The Bertz CT molecular complexity index is 637. The largest absolute Gasteiger partial charge is 0.289 e. The fourth-order valence-corrected chi connectivity index (χ4v) is 3.35. The summed E-state index contributed by atoms with van der Waals surface area (Å²) < 4.78 is 26.9. The minimum atomic E-state index is -4.00. The monoisotopic (exact) mass is 346 g/mol. The Morgan fingerprint density at radius 2 is 2.21 bits per heavy atom. The molecule has 102 valence electrons. The van der Waals surface area contributed by atoms with Gasteiger partial charge in [-0.1, -0.05) is 15.9 Å². The maximum Gasteiger partial charge on any atom is 0.289 e. The summed E-state index contributed by atoms with van der Waals surface area (Å²) in [6.45, 7) is 1.58. The van der Waals surface area contributed by atoms with Gasteiger partial charge in [0.2, 0.25) is 10.0 Å². The number of nitro benzene ring substituents is 1. The molecule has 1 aromatic rings. The fourth-order valence-electron chi connectivity index (χ4n) is 1.40. The number of hydrogen-bond acceptors (Lipinski definition) is 4. The summed E-state index contributed by atoms with van der Waals surface area (Å²) in [6, 6.07) is 3.21. The quantitative estimate of drug-likeness (QED) is 0.502. The Kier molecular flexibility index (Phi) is 5.05. The van der Waals surface area contributed by atoms with Gasteiger partial charge in [0.1, 0.15) is 0 Å². The van der Waals surface area contributed by atoms with E-state index < -0.39 is 31.6 Å². The van der Waals surface area contributed by atoms with Gasteiger partial charge in [-0.05, 0) is 19.1 Å². The van der Waals surface area contributed by atoms with Crippen molar-refractivity contribution in [2.24, 2.45) is 0 Å². The highest BCUT2D eigenvalue weighted by Crippen LogP contribution is 2.27. The average molecular weight is 347 g/mol. The van der Waals surface area contributed by atoms with Crippen LogP contribution >= 0.6 is 15.9 Å². The van der Waals surface area contributed by atoms with Crippen LogP contribution in [0, 0.1) is 22.5 Å². The molecule has 0 spiro atoms. The zero-order valence-corrected chi connectivity index (χ0v) is 12.4. The summed E-state index contributed by atoms with van der Waals surface area (Å²) >= 11 is 3.09. The standard InChI is InChI=1S/C11H11BrN2O4S/c1-3-4-8(2)13-19(17,18)11-7-9(12)5-6-10(11)14(15)16/h1,5-8,13H,4H2,2H3. The Hall–Kier alpha value is -1.43. The van der Waals surface area contributed by atoms with Gasteiger partial charge in [-0.2, -0.15) is 0 Å². The summed E-state index contributed by atoms with van der Waals surface area (Å²) in [5.74, 6) is 2.32. The highest BCUT2D eigenvalue weighted by atomic mass is 79.9. The lowest BCUT2D eigenvalue weighted by atomic mass is 10.3. The minimum absolute atomic E-state index is 0.195. The normalized spacial score (nSPS) is 12.7. The Morgan fingerprint density at radius 1 is 1.58 bits per heavy atom. The molecule has 1 aromatic carbocycles. The molecule has 0 fully saturated rings. The zero-order valence-electron chi connectivity index (χ0n) is 9.96. The summed E-state index contributed by atoms with van der Waals surface area (Å²) in [7, 11) is -4.00. The third-order valence-corrected chi connectivity index (χ3v) is 4.30. The van der Waals surface area contributed by atoms with E-state index in [4.69, 9.17) is 6.42 Å². The van der Waals surface area contributed by atoms with Crippen LogP contribution in [0.3, 0.4) is 0 Å². The van der Waals surface area contributed by atoms with Gasteiger partial charge in [-0.3, -0.25) is 10.1 Å². The van der Waals surface area contributed by atoms with Crippen LogP contribution in [-0.2, 0) is 10.0 Å². The van der Waals surface area contributed by atoms with Gasteiger partial charge >= 0.3 is 0 Å². The van der Waals surface area contributed by atoms with E-state index in [1.807, 2.05) is 0 Å². The lowest BCUT2D eigenvalue weighted by Crippen LogP contribution is -2.32. The number of nitrogens with one attached hydrogen (secondary N) is 1. The molecular formula is C11H11BrN2O4S. The minimum Gasteiger partial charge on any atom is -0.258 e. The van der Waals surface area contributed by atoms with Gasteiger partial charge in [0, 0.05) is 23.0 Å². The predicted molar refractivity (Wildman–Crippen MR) is 74.0 cm³/mol. The van der Waals surface area contributed by atoms with Crippen molar-refractivity contribution in [3.05, 3.63) is 32.8 Å². The summed E-state index contributed by atoms with van der Waals surface area (Å²) in [5.41, 5.74) is -0.483. The van der Waals surface area contributed by atoms with Crippen molar-refractivity contribution < 1.29 is 13.3 Å². The molecule has 0 aliphatic carbocycles. The number of benzene rings is 1. The second-order valence-electron chi connectivity index (χ2n) is 3.80. The lowest BCUT2D eigenvalue weighted by Gasteiger charge is -2.12. The van der Waals surface area contributed by atoms with Crippen LogP contribution in [0.25, 0.3) is 0 Å². The highest BCUT2D eigenvalue weighted by Gasteiger charge is 2.27. The number of terminal acetylenes is 1. The van der Waals surface area contributed by atoms with E-state index in [9.17, 15) is 18.5 Å². The maximum atomic E-state index is 12.1. The maximum absolute atomic E-state index is 12.1. The average Bonchev–Trinajstić information content (AvgIpc) is 2.27. The number of nitrogens with zero attached hydrogens (tertiary/aromatic N) is 1. The Balaban J connectivity index is 3.25. The second-order valence-corrected chi connectivity index (χ2v) is 6.40. The van der Waals surface area contributed by atoms with Crippen LogP contribution in [0.4, 0.5) is 5.69 Å². The van der Waals surface area contributed by atoms with E-state index in [1.54, 1.807) is 6.92 Å². The summed E-state index contributed by atoms with van der Waals surface area (Å²) in [6.07, 6.45) is 5.28. The Morgan fingerprint density at radius 3 is 2.74 bits per heavy atom. The molecule has 1 rings (SSSR count). The van der Waals surface area contributed by atoms with E-state index in [1.165, 1.54) is 12.1 Å². The molecule has 0 amide bonds. The van der Waals surface area contributed by atoms with Gasteiger partial charge in [0.05, 0.1) is 4.92 Å². The molecule has 1 atom stereocenters. The molecule has 8 heteroatoms. The topological polar surface area (TPSA) is 89.3 Å². The molecule has 0 aliphatic rings. The summed E-state index contributed by atoms with van der Waals surface area (Å²) in [4.78, 5) is 9.72. The van der Waals surface area contributed by atoms with Crippen molar-refractivity contribution in [1.82, 2.24) is 4.72 Å². The van der Waals surface area contributed by atoms with E-state index in [-0.39, 0.29) is 6.42 Å². The molecule has 0 bridgehead atoms. The second kappa shape index (κ2) is 6.14. The van der Waals surface area contributed by atoms with Gasteiger partial charge in [-0.15, -0.1) is 12.3 Å². The first-order chi connectivity index (χ1) is 8.77. The molecular weight excluding hydrogens is 336 g/mol. The molecule has 0 aliphatic heterocycles. The molecule has 1 unspecified atom stereocenters. The number of halogens is 1. The van der Waals surface area contributed by atoms with Crippen LogP contribution in [0.1, 0.15) is 13.3 Å². The van der Waals surface area contributed by atoms with Crippen LogP contribution in [-0.4, -0.2) is 19.4 Å². The first kappa shape index (κ1) is 15.6. The van der Waals surface area contributed by atoms with Gasteiger partial charge < -0.3 is 0 Å². The predicted octanol–water partition coefficient (Wildman–Crippen LogP) is 2.05. The van der Waals surface area contributed by atoms with Crippen molar-refractivity contribution in [3.63, 3.8) is 0 Å². The summed E-state index contributed by atoms with van der Waals surface area (Å²) in [5, 5.41) is 10.9. The molecule has 0 saturated carbocycles. The molecule has 19 heavy (non-hydrogen) atoms. The van der Waals surface area contributed by atoms with E-state index in [0.717, 1.165) is 6.07 Å². The molecule has 6 nitrogen and oxygen atoms in total. The van der Waals surface area contributed by atoms with Crippen molar-refractivity contribution in [1.29, 1.82) is 0 Å². The van der Waals surface area contributed by atoms with Crippen LogP contribution < -0.4 is 4.72 Å². The molecule has 0 radical (unpaired) electrons. The van der Waals surface area contributed by atoms with Crippen molar-refractivity contribution in [2.75, 3.05) is 0 Å². The van der Waals surface area contributed by atoms with Crippen molar-refractivity contribution in [3.8, 4) is 12.3 Å². The van der Waals surface area contributed by atoms with Crippen LogP contribution in [0.5, 0.6) is 0 Å². The first-order valence-electron chi connectivity index (χ1n) is 5.17. The van der Waals surface area contributed by atoms with E-state index in [0.29, 0.717) is 4.47 Å². The fraction of sp³-hybridized carbons (Fsp3) is 0.273. The van der Waals surface area contributed by atoms with E-state index in [2.05, 4.69) is 26.6 Å². The Labute approximate surface area is 119 Å². The number of hydrogen-bond donors (Lipinski definition) is 1. The number of sulfonamides is 1. The third-order valence-electron chi connectivity index (χ3n) is 2.19. The molecule has 0 saturated heterocycles. The van der Waals surface area contributed by atoms with E-state index >= 15 is 0 Å². The lowest BCUT2D eigenvalue weighted by molar-refractivity contribution is -0.387. The highest BCUT2D eigenvalue weighted by molar-refractivity contribution is 9.10. The smallest absolute Gasteiger partial charge is 0.258 e. The third kappa shape index (κ3) is 4.02. The van der Waals surface area contributed by atoms with Crippen molar-refractivity contribution in [2.45, 2.75) is 24.3 Å². The SMILES string of the molecule is C#CCC(C)NS(=O)(=O)c1cc(Br)ccc1[N+](=O)[O-]. The van der Waals surface area contributed by atoms with Gasteiger partial charge in [-0.25, -0.2) is 13.1 Å². The zero-order chi connectivity index (χ0) is 14.6. The molecule has 1 N–H and O–H groups in total. The van der Waals surface area contributed by atoms with Crippen LogP contribution in [0.2, 0.25) is 0 Å². The molecule has 0 aromatic heterocycles. The van der Waals surface area contributed by atoms with Crippen LogP contribution in [0.15, 0.2) is 27.6 Å². The molecule has 0 heterocycles.